The van der Waals surface area contributed by atoms with Gasteiger partial charge in [-0.2, -0.15) is 0 Å². The molecule has 0 aromatic heterocycles. The van der Waals surface area contributed by atoms with E-state index in [0.29, 0.717) is 6.04 Å². The number of ether oxygens (including phenoxy) is 1. The summed E-state index contributed by atoms with van der Waals surface area (Å²) in [6.07, 6.45) is 5.40. The second-order valence-corrected chi connectivity index (χ2v) is 8.04. The maximum Gasteiger partial charge on any atom is 0.260 e. The summed E-state index contributed by atoms with van der Waals surface area (Å²) < 4.78 is 5.78. The Kier molecular flexibility index (Phi) is 5.63. The Morgan fingerprint density at radius 1 is 1.00 bits per heavy atom. The number of amides is 1. The van der Waals surface area contributed by atoms with Crippen LogP contribution in [0.5, 0.6) is 5.75 Å². The first-order chi connectivity index (χ1) is 13.2. The number of rotatable bonds is 4. The lowest BCUT2D eigenvalue weighted by Gasteiger charge is -2.43. The van der Waals surface area contributed by atoms with Crippen LogP contribution in [0.25, 0.3) is 10.8 Å². The predicted molar refractivity (Wildman–Crippen MR) is 109 cm³/mol. The van der Waals surface area contributed by atoms with Gasteiger partial charge in [-0.1, -0.05) is 50.1 Å². The third-order valence-corrected chi connectivity index (χ3v) is 6.29. The minimum absolute atomic E-state index is 0.0968. The van der Waals surface area contributed by atoms with Crippen molar-refractivity contribution in [2.75, 3.05) is 32.8 Å². The monoisotopic (exact) mass is 366 g/mol. The van der Waals surface area contributed by atoms with Gasteiger partial charge in [-0.3, -0.25) is 9.69 Å². The van der Waals surface area contributed by atoms with Gasteiger partial charge in [-0.25, -0.2) is 0 Å². The molecule has 2 atom stereocenters. The fourth-order valence-corrected chi connectivity index (χ4v) is 4.64. The van der Waals surface area contributed by atoms with Crippen LogP contribution in [0.2, 0.25) is 0 Å². The van der Waals surface area contributed by atoms with Crippen LogP contribution in [-0.2, 0) is 4.79 Å². The molecule has 1 aliphatic carbocycles. The number of piperazine rings is 1. The van der Waals surface area contributed by atoms with Crippen molar-refractivity contribution in [2.45, 2.75) is 38.6 Å². The molecule has 27 heavy (non-hydrogen) atoms. The minimum Gasteiger partial charge on any atom is -0.484 e. The molecule has 0 spiro atoms. The molecule has 1 amide bonds. The standard InChI is InChI=1S/C23H30N2O2/c1-18-6-2-5-9-22(18)24-12-14-25(15-13-24)23(26)17-27-21-11-10-19-7-3-4-8-20(19)16-21/h3-4,7-8,10-11,16,18,22H,2,5-6,9,12-15,17H2,1H3. The molecular weight excluding hydrogens is 336 g/mol. The van der Waals surface area contributed by atoms with Gasteiger partial charge in [-0.05, 0) is 41.7 Å². The van der Waals surface area contributed by atoms with Crippen LogP contribution in [0.15, 0.2) is 42.5 Å². The Bertz CT molecular complexity index is 783. The number of fused-ring (bicyclic) bond motifs is 1. The van der Waals surface area contributed by atoms with E-state index in [1.54, 1.807) is 0 Å². The van der Waals surface area contributed by atoms with Crippen molar-refractivity contribution in [1.29, 1.82) is 0 Å². The summed E-state index contributed by atoms with van der Waals surface area (Å²) in [5.41, 5.74) is 0. The summed E-state index contributed by atoms with van der Waals surface area (Å²) in [5.74, 6) is 1.65. The van der Waals surface area contributed by atoms with Gasteiger partial charge in [0, 0.05) is 32.2 Å². The highest BCUT2D eigenvalue weighted by Crippen LogP contribution is 2.28. The molecule has 2 aromatic rings. The van der Waals surface area contributed by atoms with E-state index in [0.717, 1.165) is 43.2 Å². The lowest BCUT2D eigenvalue weighted by molar-refractivity contribution is -0.135. The van der Waals surface area contributed by atoms with Crippen molar-refractivity contribution in [3.8, 4) is 5.75 Å². The van der Waals surface area contributed by atoms with Crippen LogP contribution < -0.4 is 4.74 Å². The summed E-state index contributed by atoms with van der Waals surface area (Å²) in [5, 5.41) is 2.32. The summed E-state index contributed by atoms with van der Waals surface area (Å²) >= 11 is 0. The Hall–Kier alpha value is -2.07. The first kappa shape index (κ1) is 18.3. The molecule has 0 radical (unpaired) electrons. The van der Waals surface area contributed by atoms with E-state index in [1.807, 2.05) is 35.2 Å². The Morgan fingerprint density at radius 2 is 1.74 bits per heavy atom. The largest absolute Gasteiger partial charge is 0.484 e. The van der Waals surface area contributed by atoms with Crippen LogP contribution >= 0.6 is 0 Å². The highest BCUT2D eigenvalue weighted by atomic mass is 16.5. The number of carbonyl (C=O) groups excluding carboxylic acids is 1. The first-order valence-electron chi connectivity index (χ1n) is 10.3. The topological polar surface area (TPSA) is 32.8 Å². The van der Waals surface area contributed by atoms with Crippen molar-refractivity contribution >= 4 is 16.7 Å². The summed E-state index contributed by atoms with van der Waals surface area (Å²) in [6.45, 7) is 6.15. The SMILES string of the molecule is CC1CCCCC1N1CCN(C(=O)COc2ccc3ccccc3c2)CC1. The van der Waals surface area contributed by atoms with E-state index in [4.69, 9.17) is 4.74 Å². The van der Waals surface area contributed by atoms with Crippen molar-refractivity contribution in [1.82, 2.24) is 9.80 Å². The van der Waals surface area contributed by atoms with E-state index in [1.165, 1.54) is 31.1 Å². The molecule has 1 heterocycles. The molecule has 144 valence electrons. The molecule has 2 aliphatic rings. The van der Waals surface area contributed by atoms with Crippen LogP contribution in [0.1, 0.15) is 32.6 Å². The smallest absolute Gasteiger partial charge is 0.260 e. The highest BCUT2D eigenvalue weighted by molar-refractivity contribution is 5.84. The lowest BCUT2D eigenvalue weighted by Crippen LogP contribution is -2.54. The van der Waals surface area contributed by atoms with E-state index < -0.39 is 0 Å². The Balaban J connectivity index is 1.27. The zero-order valence-corrected chi connectivity index (χ0v) is 16.3. The fourth-order valence-electron chi connectivity index (χ4n) is 4.64. The predicted octanol–water partition coefficient (Wildman–Crippen LogP) is 3.94. The van der Waals surface area contributed by atoms with Gasteiger partial charge in [-0.15, -0.1) is 0 Å². The molecule has 2 fully saturated rings. The van der Waals surface area contributed by atoms with E-state index in [9.17, 15) is 4.79 Å². The number of hydrogen-bond acceptors (Lipinski definition) is 3. The van der Waals surface area contributed by atoms with Crippen molar-refractivity contribution < 1.29 is 9.53 Å². The summed E-state index contributed by atoms with van der Waals surface area (Å²) in [6, 6.07) is 14.9. The zero-order valence-electron chi connectivity index (χ0n) is 16.3. The van der Waals surface area contributed by atoms with Crippen LogP contribution in [0.4, 0.5) is 0 Å². The lowest BCUT2D eigenvalue weighted by atomic mass is 9.84. The molecular formula is C23H30N2O2. The van der Waals surface area contributed by atoms with Gasteiger partial charge in [0.1, 0.15) is 5.75 Å². The van der Waals surface area contributed by atoms with Gasteiger partial charge in [0.2, 0.25) is 0 Å². The molecule has 1 aliphatic heterocycles. The number of benzene rings is 2. The van der Waals surface area contributed by atoms with E-state index >= 15 is 0 Å². The average molecular weight is 367 g/mol. The van der Waals surface area contributed by atoms with Gasteiger partial charge in [0.15, 0.2) is 6.61 Å². The molecule has 0 bridgehead atoms. The molecule has 4 heteroatoms. The molecule has 1 saturated carbocycles. The van der Waals surface area contributed by atoms with Crippen LogP contribution in [0.3, 0.4) is 0 Å². The van der Waals surface area contributed by atoms with E-state index in [2.05, 4.69) is 24.0 Å². The molecule has 4 rings (SSSR count). The third kappa shape index (κ3) is 4.27. The first-order valence-corrected chi connectivity index (χ1v) is 10.3. The van der Waals surface area contributed by atoms with Crippen molar-refractivity contribution in [2.24, 2.45) is 5.92 Å². The van der Waals surface area contributed by atoms with E-state index in [-0.39, 0.29) is 12.5 Å². The third-order valence-electron chi connectivity index (χ3n) is 6.29. The van der Waals surface area contributed by atoms with Crippen LogP contribution in [0, 0.1) is 5.92 Å². The second-order valence-electron chi connectivity index (χ2n) is 8.04. The van der Waals surface area contributed by atoms with Gasteiger partial charge in [0.25, 0.3) is 5.91 Å². The van der Waals surface area contributed by atoms with Gasteiger partial charge in [0.05, 0.1) is 0 Å². The number of nitrogens with zero attached hydrogens (tertiary/aromatic N) is 2. The van der Waals surface area contributed by atoms with Gasteiger partial charge >= 0.3 is 0 Å². The average Bonchev–Trinajstić information content (AvgIpc) is 2.72. The van der Waals surface area contributed by atoms with Crippen molar-refractivity contribution in [3.05, 3.63) is 42.5 Å². The zero-order chi connectivity index (χ0) is 18.6. The Morgan fingerprint density at radius 3 is 2.52 bits per heavy atom. The second kappa shape index (κ2) is 8.30. The maximum absolute atomic E-state index is 12.6. The van der Waals surface area contributed by atoms with Gasteiger partial charge < -0.3 is 9.64 Å². The van der Waals surface area contributed by atoms with Crippen molar-refractivity contribution in [3.63, 3.8) is 0 Å². The molecule has 4 nitrogen and oxygen atoms in total. The number of carbonyl (C=O) groups is 1. The normalized spacial score (nSPS) is 24.1. The molecule has 2 unspecified atom stereocenters. The summed E-state index contributed by atoms with van der Waals surface area (Å²) in [4.78, 5) is 17.1. The van der Waals surface area contributed by atoms with Crippen LogP contribution in [-0.4, -0.2) is 54.5 Å². The minimum atomic E-state index is 0.0968. The molecule has 2 aromatic carbocycles. The molecule has 1 saturated heterocycles. The highest BCUT2D eigenvalue weighted by Gasteiger charge is 2.30. The quantitative estimate of drug-likeness (QED) is 0.822. The fraction of sp³-hybridized carbons (Fsp3) is 0.522. The summed E-state index contributed by atoms with van der Waals surface area (Å²) in [7, 11) is 0. The number of hydrogen-bond donors (Lipinski definition) is 0. The Labute approximate surface area is 162 Å². The maximum atomic E-state index is 12.6. The molecule has 0 N–H and O–H groups in total.